The van der Waals surface area contributed by atoms with E-state index in [1.807, 2.05) is 18.3 Å². The zero-order chi connectivity index (χ0) is 20.2. The number of amides is 1. The van der Waals surface area contributed by atoms with Crippen LogP contribution in [0.3, 0.4) is 0 Å². The molecule has 0 aliphatic carbocycles. The van der Waals surface area contributed by atoms with Crippen LogP contribution in [0.2, 0.25) is 0 Å². The van der Waals surface area contributed by atoms with Crippen LogP contribution in [0.25, 0.3) is 5.65 Å². The molecule has 1 aliphatic rings. The number of hydrogen-bond donors (Lipinski definition) is 1. The summed E-state index contributed by atoms with van der Waals surface area (Å²) in [6, 6.07) is 7.30. The summed E-state index contributed by atoms with van der Waals surface area (Å²) in [4.78, 5) is 25.3. The molecule has 8 nitrogen and oxygen atoms in total. The standard InChI is InChI=1S/C21H25N7O.Mn/c1-3-26(4-2)20(29)16-8-10-17(11-9-16)23-18-19-22-12-15-28(19)25-21(24-18)27-13-6-5-7-14-27;/h8-12,15H,1-7,13-14H2,(H,23,24,25);/q-2;+2. The third-order valence-electron chi connectivity index (χ3n) is 5.10. The molecule has 0 saturated carbocycles. The zero-order valence-electron chi connectivity index (χ0n) is 16.8. The van der Waals surface area contributed by atoms with Crippen molar-refractivity contribution in [1.29, 1.82) is 0 Å². The molecule has 1 radical (unpaired) electrons. The fraction of sp³-hybridized carbons (Fsp3) is 0.333. The van der Waals surface area contributed by atoms with Crippen molar-refractivity contribution in [1.82, 2.24) is 24.5 Å². The molecule has 30 heavy (non-hydrogen) atoms. The van der Waals surface area contributed by atoms with Gasteiger partial charge in [-0.15, -0.1) is 18.2 Å². The third kappa shape index (κ3) is 4.57. The van der Waals surface area contributed by atoms with Gasteiger partial charge in [-0.3, -0.25) is 4.79 Å². The Morgan fingerprint density at radius 2 is 1.80 bits per heavy atom. The van der Waals surface area contributed by atoms with E-state index in [0.717, 1.165) is 31.6 Å². The van der Waals surface area contributed by atoms with Gasteiger partial charge in [-0.2, -0.15) is 4.98 Å². The number of carbonyl (C=O) groups excluding carboxylic acids is 1. The number of fused-ring (bicyclic) bond motifs is 1. The van der Waals surface area contributed by atoms with Gasteiger partial charge < -0.3 is 29.0 Å². The minimum absolute atomic E-state index is 0. The molecule has 157 valence electrons. The van der Waals surface area contributed by atoms with Crippen LogP contribution in [-0.4, -0.2) is 56.6 Å². The van der Waals surface area contributed by atoms with E-state index >= 15 is 0 Å². The number of nitrogens with one attached hydrogen (secondary N) is 1. The summed E-state index contributed by atoms with van der Waals surface area (Å²) in [5.74, 6) is 1.26. The van der Waals surface area contributed by atoms with E-state index in [-0.39, 0.29) is 23.0 Å². The third-order valence-corrected chi connectivity index (χ3v) is 5.10. The molecule has 1 aliphatic heterocycles. The monoisotopic (exact) mass is 446 g/mol. The van der Waals surface area contributed by atoms with Crippen molar-refractivity contribution in [3.8, 4) is 0 Å². The van der Waals surface area contributed by atoms with E-state index in [9.17, 15) is 4.79 Å². The van der Waals surface area contributed by atoms with Gasteiger partial charge in [0.2, 0.25) is 11.9 Å². The summed E-state index contributed by atoms with van der Waals surface area (Å²) < 4.78 is 1.75. The Hall–Kier alpha value is -2.64. The Labute approximate surface area is 187 Å². The summed E-state index contributed by atoms with van der Waals surface area (Å²) in [7, 11) is 0. The zero-order valence-corrected chi connectivity index (χ0v) is 18.0. The maximum absolute atomic E-state index is 12.4. The quantitative estimate of drug-likeness (QED) is 0.464. The smallest absolute Gasteiger partial charge is 0.399 e. The molecule has 1 saturated heterocycles. The molecular formula is C21H25MnN7O. The molecule has 0 bridgehead atoms. The molecule has 0 spiro atoms. The van der Waals surface area contributed by atoms with Crippen LogP contribution in [0.4, 0.5) is 17.5 Å². The average Bonchev–Trinajstić information content (AvgIpc) is 3.25. The van der Waals surface area contributed by atoms with Crippen LogP contribution in [0, 0.1) is 13.8 Å². The van der Waals surface area contributed by atoms with Crippen molar-refractivity contribution in [2.75, 3.05) is 36.4 Å². The molecule has 2 aromatic heterocycles. The molecule has 1 amide bonds. The first-order chi connectivity index (χ1) is 14.2. The topological polar surface area (TPSA) is 78.7 Å². The SMILES string of the molecule is [CH2-]CN(C[CH2-])C(=O)c1ccc(Nc2nc(N3CCCCC3)nn3ccnc23)cc1.[Mn+2]. The van der Waals surface area contributed by atoms with Crippen LogP contribution in [0.5, 0.6) is 0 Å². The van der Waals surface area contributed by atoms with E-state index in [0.29, 0.717) is 36.1 Å². The summed E-state index contributed by atoms with van der Waals surface area (Å²) in [5.41, 5.74) is 2.09. The second-order valence-electron chi connectivity index (χ2n) is 7.00. The molecule has 9 heteroatoms. The van der Waals surface area contributed by atoms with E-state index in [4.69, 9.17) is 4.98 Å². The molecule has 0 atom stereocenters. The predicted molar refractivity (Wildman–Crippen MR) is 113 cm³/mol. The van der Waals surface area contributed by atoms with Gasteiger partial charge in [0, 0.05) is 36.7 Å². The number of nitrogens with zero attached hydrogens (tertiary/aromatic N) is 6. The number of carbonyl (C=O) groups is 1. The first-order valence-corrected chi connectivity index (χ1v) is 9.91. The van der Waals surface area contributed by atoms with Gasteiger partial charge in [-0.25, -0.2) is 9.50 Å². The van der Waals surface area contributed by atoms with E-state index in [1.54, 1.807) is 27.7 Å². The van der Waals surface area contributed by atoms with Crippen molar-refractivity contribution in [3.63, 3.8) is 0 Å². The molecule has 3 heterocycles. The van der Waals surface area contributed by atoms with E-state index < -0.39 is 0 Å². The minimum atomic E-state index is -0.0772. The Balaban J connectivity index is 0.00000256. The molecule has 4 rings (SSSR count). The number of imidazole rings is 1. The maximum atomic E-state index is 12.4. The Morgan fingerprint density at radius 3 is 2.47 bits per heavy atom. The molecule has 1 fully saturated rings. The average molecular weight is 446 g/mol. The van der Waals surface area contributed by atoms with Crippen LogP contribution in [0.15, 0.2) is 36.7 Å². The van der Waals surface area contributed by atoms with Crippen molar-refractivity contribution in [2.24, 2.45) is 0 Å². The predicted octanol–water partition coefficient (Wildman–Crippen LogP) is 2.97. The van der Waals surface area contributed by atoms with Gasteiger partial charge in [0.05, 0.1) is 0 Å². The van der Waals surface area contributed by atoms with Crippen molar-refractivity contribution in [2.45, 2.75) is 19.3 Å². The van der Waals surface area contributed by atoms with Gasteiger partial charge >= 0.3 is 17.1 Å². The minimum Gasteiger partial charge on any atom is -0.399 e. The van der Waals surface area contributed by atoms with Gasteiger partial charge in [-0.1, -0.05) is 0 Å². The van der Waals surface area contributed by atoms with Crippen molar-refractivity contribution in [3.05, 3.63) is 56.1 Å². The molecule has 1 aromatic carbocycles. The number of aromatic nitrogens is 4. The van der Waals surface area contributed by atoms with Crippen molar-refractivity contribution >= 4 is 29.0 Å². The number of piperidine rings is 1. The number of rotatable bonds is 6. The first kappa shape index (κ1) is 22.1. The second kappa shape index (κ2) is 9.91. The molecular weight excluding hydrogens is 421 g/mol. The Morgan fingerprint density at radius 1 is 1.10 bits per heavy atom. The molecule has 0 unspecified atom stereocenters. The Bertz CT molecular complexity index is 979. The summed E-state index contributed by atoms with van der Waals surface area (Å²) in [5, 5.41) is 7.93. The molecule has 1 N–H and O–H groups in total. The van der Waals surface area contributed by atoms with Crippen LogP contribution < -0.4 is 10.2 Å². The summed E-state index contributed by atoms with van der Waals surface area (Å²) in [6.45, 7) is 10.3. The van der Waals surface area contributed by atoms with Crippen molar-refractivity contribution < 1.29 is 21.9 Å². The van der Waals surface area contributed by atoms with Crippen LogP contribution in [0.1, 0.15) is 29.6 Å². The Kier molecular flexibility index (Phi) is 7.29. The van der Waals surface area contributed by atoms with E-state index in [2.05, 4.69) is 34.1 Å². The second-order valence-corrected chi connectivity index (χ2v) is 7.00. The van der Waals surface area contributed by atoms with Crippen LogP contribution >= 0.6 is 0 Å². The van der Waals surface area contributed by atoms with Gasteiger partial charge in [-0.05, 0) is 43.5 Å². The summed E-state index contributed by atoms with van der Waals surface area (Å²) in [6.07, 6.45) is 7.09. The summed E-state index contributed by atoms with van der Waals surface area (Å²) >= 11 is 0. The van der Waals surface area contributed by atoms with Gasteiger partial charge in [0.25, 0.3) is 0 Å². The van der Waals surface area contributed by atoms with Crippen LogP contribution in [-0.2, 0) is 17.1 Å². The fourth-order valence-corrected chi connectivity index (χ4v) is 3.46. The number of hydrogen-bond acceptors (Lipinski definition) is 6. The van der Waals surface area contributed by atoms with Gasteiger partial charge in [0.1, 0.15) is 0 Å². The molecule has 3 aromatic rings. The largest absolute Gasteiger partial charge is 2.00 e. The normalized spacial score (nSPS) is 13.7. The number of benzene rings is 1. The fourth-order valence-electron chi connectivity index (χ4n) is 3.46. The number of anilines is 3. The first-order valence-electron chi connectivity index (χ1n) is 9.91. The van der Waals surface area contributed by atoms with E-state index in [1.165, 1.54) is 6.42 Å². The van der Waals surface area contributed by atoms with Gasteiger partial charge in [0.15, 0.2) is 11.5 Å². The maximum Gasteiger partial charge on any atom is 2.00 e.